The molecule has 3 heteroatoms. The minimum Gasteiger partial charge on any atom is -0.481 e. The first-order valence-corrected chi connectivity index (χ1v) is 4.10. The highest BCUT2D eigenvalue weighted by molar-refractivity contribution is 7.80. The molecule has 0 saturated carbocycles. The van der Waals surface area contributed by atoms with Crippen LogP contribution in [0.1, 0.15) is 5.56 Å². The number of ether oxygens (including phenoxy) is 1. The summed E-state index contributed by atoms with van der Waals surface area (Å²) in [5, 5.41) is 0. The maximum atomic E-state index is 4.92. The van der Waals surface area contributed by atoms with E-state index in [9.17, 15) is 0 Å². The zero-order chi connectivity index (χ0) is 8.10. The van der Waals surface area contributed by atoms with Crippen LogP contribution in [0.5, 0.6) is 5.88 Å². The first-order chi connectivity index (χ1) is 5.36. The topological polar surface area (TPSA) is 22.1 Å². The van der Waals surface area contributed by atoms with Crippen molar-refractivity contribution in [3.05, 3.63) is 23.9 Å². The van der Waals surface area contributed by atoms with Gasteiger partial charge in [-0.3, -0.25) is 0 Å². The number of aromatic nitrogens is 1. The van der Waals surface area contributed by atoms with Crippen LogP contribution in [0, 0.1) is 0 Å². The van der Waals surface area contributed by atoms with Crippen LogP contribution in [0.3, 0.4) is 0 Å². The van der Waals surface area contributed by atoms with Gasteiger partial charge in [0.25, 0.3) is 0 Å². The molecule has 1 rings (SSSR count). The molecule has 0 saturated heterocycles. The van der Waals surface area contributed by atoms with Gasteiger partial charge in [-0.15, -0.1) is 0 Å². The van der Waals surface area contributed by atoms with E-state index in [0.717, 1.165) is 12.2 Å². The fourth-order valence-electron chi connectivity index (χ4n) is 0.809. The number of aryl methyl sites for hydroxylation is 1. The van der Waals surface area contributed by atoms with Crippen molar-refractivity contribution in [1.29, 1.82) is 0 Å². The molecule has 0 bridgehead atoms. The lowest BCUT2D eigenvalue weighted by molar-refractivity contribution is 0.397. The summed E-state index contributed by atoms with van der Waals surface area (Å²) in [6.45, 7) is 0. The van der Waals surface area contributed by atoms with Crippen LogP contribution in [0.2, 0.25) is 0 Å². The summed E-state index contributed by atoms with van der Waals surface area (Å²) in [7, 11) is 1.61. The first-order valence-electron chi connectivity index (χ1n) is 3.46. The van der Waals surface area contributed by atoms with Crippen LogP contribution in [-0.4, -0.2) is 17.8 Å². The second kappa shape index (κ2) is 4.23. The van der Waals surface area contributed by atoms with Crippen LogP contribution < -0.4 is 4.74 Å². The molecule has 0 aliphatic heterocycles. The molecule has 60 valence electrons. The third kappa shape index (κ3) is 2.42. The van der Waals surface area contributed by atoms with Gasteiger partial charge in [0.05, 0.1) is 7.11 Å². The van der Waals surface area contributed by atoms with Crippen molar-refractivity contribution >= 4 is 12.6 Å². The van der Waals surface area contributed by atoms with Gasteiger partial charge in [0, 0.05) is 12.3 Å². The minimum atomic E-state index is 0.660. The van der Waals surface area contributed by atoms with E-state index >= 15 is 0 Å². The summed E-state index contributed by atoms with van der Waals surface area (Å²) in [6, 6.07) is 3.86. The van der Waals surface area contributed by atoms with E-state index in [-0.39, 0.29) is 0 Å². The van der Waals surface area contributed by atoms with E-state index in [1.807, 2.05) is 18.3 Å². The van der Waals surface area contributed by atoms with Crippen LogP contribution in [0.4, 0.5) is 0 Å². The largest absolute Gasteiger partial charge is 0.481 e. The molecule has 0 aliphatic carbocycles. The maximum absolute atomic E-state index is 4.92. The Bertz CT molecular complexity index is 210. The third-order valence-electron chi connectivity index (χ3n) is 1.41. The number of thiol groups is 1. The average molecular weight is 169 g/mol. The predicted molar refractivity (Wildman–Crippen MR) is 48.3 cm³/mol. The second-order valence-electron chi connectivity index (χ2n) is 2.18. The van der Waals surface area contributed by atoms with Gasteiger partial charge in [0.1, 0.15) is 0 Å². The molecular weight excluding hydrogens is 158 g/mol. The summed E-state index contributed by atoms with van der Waals surface area (Å²) < 4.78 is 4.92. The SMILES string of the molecule is COc1ccc(CCS)cn1. The molecule has 0 spiro atoms. The van der Waals surface area contributed by atoms with Gasteiger partial charge in [0.2, 0.25) is 5.88 Å². The lowest BCUT2D eigenvalue weighted by Gasteiger charge is -1.99. The van der Waals surface area contributed by atoms with Crippen molar-refractivity contribution in [2.75, 3.05) is 12.9 Å². The van der Waals surface area contributed by atoms with Gasteiger partial charge in [-0.25, -0.2) is 4.98 Å². The molecule has 0 unspecified atom stereocenters. The lowest BCUT2D eigenvalue weighted by atomic mass is 10.2. The van der Waals surface area contributed by atoms with Crippen molar-refractivity contribution in [3.8, 4) is 5.88 Å². The number of hydrogen-bond donors (Lipinski definition) is 1. The highest BCUT2D eigenvalue weighted by Gasteiger charge is 1.92. The average Bonchev–Trinajstić information content (AvgIpc) is 2.07. The molecule has 1 aromatic heterocycles. The minimum absolute atomic E-state index is 0.660. The Morgan fingerprint density at radius 2 is 2.36 bits per heavy atom. The standard InChI is InChI=1S/C8H11NOS/c1-10-8-3-2-7(4-5-11)6-9-8/h2-3,6,11H,4-5H2,1H3. The Kier molecular flexibility index (Phi) is 3.23. The summed E-state index contributed by atoms with van der Waals surface area (Å²) in [6.07, 6.45) is 2.77. The Morgan fingerprint density at radius 1 is 1.55 bits per heavy atom. The van der Waals surface area contributed by atoms with E-state index in [1.54, 1.807) is 7.11 Å². The van der Waals surface area contributed by atoms with Crippen LogP contribution in [-0.2, 0) is 6.42 Å². The van der Waals surface area contributed by atoms with Gasteiger partial charge < -0.3 is 4.74 Å². The predicted octanol–water partition coefficient (Wildman–Crippen LogP) is 1.56. The fraction of sp³-hybridized carbons (Fsp3) is 0.375. The molecule has 11 heavy (non-hydrogen) atoms. The number of methoxy groups -OCH3 is 1. The summed E-state index contributed by atoms with van der Waals surface area (Å²) in [4.78, 5) is 4.06. The zero-order valence-electron chi connectivity index (χ0n) is 6.45. The van der Waals surface area contributed by atoms with Gasteiger partial charge in [-0.05, 0) is 17.7 Å². The van der Waals surface area contributed by atoms with E-state index in [1.165, 1.54) is 5.56 Å². The molecule has 0 amide bonds. The van der Waals surface area contributed by atoms with E-state index < -0.39 is 0 Å². The molecule has 0 fully saturated rings. The van der Waals surface area contributed by atoms with Crippen molar-refractivity contribution in [2.45, 2.75) is 6.42 Å². The summed E-state index contributed by atoms with van der Waals surface area (Å²) >= 11 is 4.12. The number of nitrogens with zero attached hydrogens (tertiary/aromatic N) is 1. The monoisotopic (exact) mass is 169 g/mol. The van der Waals surface area contributed by atoms with Crippen LogP contribution in [0.25, 0.3) is 0 Å². The van der Waals surface area contributed by atoms with Crippen molar-refractivity contribution in [1.82, 2.24) is 4.98 Å². The number of hydrogen-bond acceptors (Lipinski definition) is 3. The Balaban J connectivity index is 2.66. The zero-order valence-corrected chi connectivity index (χ0v) is 7.34. The van der Waals surface area contributed by atoms with Gasteiger partial charge in [-0.1, -0.05) is 6.07 Å². The van der Waals surface area contributed by atoms with E-state index in [0.29, 0.717) is 5.88 Å². The maximum Gasteiger partial charge on any atom is 0.212 e. The normalized spacial score (nSPS) is 9.64. The fourth-order valence-corrected chi connectivity index (χ4v) is 1.07. The van der Waals surface area contributed by atoms with Gasteiger partial charge in [-0.2, -0.15) is 12.6 Å². The smallest absolute Gasteiger partial charge is 0.212 e. The van der Waals surface area contributed by atoms with E-state index in [4.69, 9.17) is 4.74 Å². The third-order valence-corrected chi connectivity index (χ3v) is 1.63. The molecule has 1 heterocycles. The van der Waals surface area contributed by atoms with Crippen LogP contribution >= 0.6 is 12.6 Å². The van der Waals surface area contributed by atoms with Gasteiger partial charge in [0.15, 0.2) is 0 Å². The molecule has 1 aromatic rings. The molecule has 0 N–H and O–H groups in total. The number of rotatable bonds is 3. The highest BCUT2D eigenvalue weighted by Crippen LogP contribution is 2.07. The van der Waals surface area contributed by atoms with Gasteiger partial charge >= 0.3 is 0 Å². The van der Waals surface area contributed by atoms with E-state index in [2.05, 4.69) is 17.6 Å². The van der Waals surface area contributed by atoms with Crippen molar-refractivity contribution in [2.24, 2.45) is 0 Å². The van der Waals surface area contributed by atoms with Crippen molar-refractivity contribution < 1.29 is 4.74 Å². The molecule has 0 aromatic carbocycles. The highest BCUT2D eigenvalue weighted by atomic mass is 32.1. The molecule has 2 nitrogen and oxygen atoms in total. The summed E-state index contributed by atoms with van der Waals surface area (Å²) in [5.74, 6) is 1.52. The molecule has 0 atom stereocenters. The Hall–Kier alpha value is -0.700. The number of pyridine rings is 1. The molecule has 0 radical (unpaired) electrons. The van der Waals surface area contributed by atoms with Crippen molar-refractivity contribution in [3.63, 3.8) is 0 Å². The molecule has 0 aliphatic rings. The summed E-state index contributed by atoms with van der Waals surface area (Å²) in [5.41, 5.74) is 1.20. The quantitative estimate of drug-likeness (QED) is 0.694. The first kappa shape index (κ1) is 8.40. The lowest BCUT2D eigenvalue weighted by Crippen LogP contribution is -1.90. The molecular formula is C8H11NOS. The Labute approximate surface area is 72.0 Å². The van der Waals surface area contributed by atoms with Crippen LogP contribution in [0.15, 0.2) is 18.3 Å². The second-order valence-corrected chi connectivity index (χ2v) is 2.63. The Morgan fingerprint density at radius 3 is 2.82 bits per heavy atom.